The van der Waals surface area contributed by atoms with Crippen molar-refractivity contribution in [3.8, 4) is 0 Å². The summed E-state index contributed by atoms with van der Waals surface area (Å²) >= 11 is 0. The first kappa shape index (κ1) is 32.8. The first-order chi connectivity index (χ1) is 22.1. The molecule has 3 aromatic rings. The molecule has 5 heterocycles. The molecule has 0 saturated heterocycles. The normalized spacial score (nSPS) is 23.5. The SMILES string of the molecule is CCc1c2c3[nH]c1cc1nc(cc4[nH]c(cc5nc(c3CC2=O)[C@@H](CCC(=O)OC)[C@@H]5C)c(C)c4C(C)=O)[C@@](C)(O)[C@]1(O)CC(C)C. The molecule has 0 radical (unpaired) electrons. The fourth-order valence-corrected chi connectivity index (χ4v) is 7.90. The van der Waals surface area contributed by atoms with E-state index in [1.165, 1.54) is 14.0 Å². The average Bonchev–Trinajstić information content (AvgIpc) is 3.73. The van der Waals surface area contributed by atoms with Crippen molar-refractivity contribution >= 4 is 39.6 Å². The number of Topliss-reactive ketones (excluding diaryl/α,β-unsaturated/α-hetero) is 2. The molecule has 10 nitrogen and oxygen atoms in total. The van der Waals surface area contributed by atoms with Crippen LogP contribution >= 0.6 is 0 Å². The Bertz CT molecular complexity index is 2000. The van der Waals surface area contributed by atoms with Crippen LogP contribution in [0.1, 0.15) is 133 Å². The van der Waals surface area contributed by atoms with Crippen LogP contribution in [0.15, 0.2) is 18.2 Å². The van der Waals surface area contributed by atoms with Gasteiger partial charge in [0, 0.05) is 58.1 Å². The van der Waals surface area contributed by atoms with Gasteiger partial charge in [0.1, 0.15) is 11.2 Å². The number of hydrogen-bond donors (Lipinski definition) is 4. The van der Waals surface area contributed by atoms with Gasteiger partial charge >= 0.3 is 5.97 Å². The maximum atomic E-state index is 13.7. The molecule has 0 spiro atoms. The summed E-state index contributed by atoms with van der Waals surface area (Å²) < 4.78 is 4.96. The Labute approximate surface area is 274 Å². The van der Waals surface area contributed by atoms with Gasteiger partial charge in [-0.1, -0.05) is 27.7 Å². The van der Waals surface area contributed by atoms with Gasteiger partial charge in [-0.05, 0) is 75.3 Å². The summed E-state index contributed by atoms with van der Waals surface area (Å²) in [6.45, 7) is 12.9. The fraction of sp³-hybridized carbons (Fsp3) is 0.486. The molecule has 0 amide bonds. The third-order valence-corrected chi connectivity index (χ3v) is 10.5. The van der Waals surface area contributed by atoms with Crippen LogP contribution in [-0.4, -0.2) is 54.8 Å². The molecule has 248 valence electrons. The number of rotatable bonds is 7. The number of fused-ring (bicyclic) bond motifs is 8. The average molecular weight is 641 g/mol. The molecule has 4 atom stereocenters. The van der Waals surface area contributed by atoms with Crippen LogP contribution in [0.2, 0.25) is 0 Å². The third kappa shape index (κ3) is 5.04. The fourth-order valence-electron chi connectivity index (χ4n) is 7.90. The highest BCUT2D eigenvalue weighted by Gasteiger charge is 2.54. The number of H-pyrrole nitrogens is 2. The number of aliphatic hydroxyl groups is 2. The molecule has 0 aromatic carbocycles. The number of nitrogens with one attached hydrogen (secondary N) is 2. The first-order valence-corrected chi connectivity index (χ1v) is 16.5. The minimum absolute atomic E-state index is 0.00977. The quantitative estimate of drug-likeness (QED) is 0.178. The maximum absolute atomic E-state index is 13.7. The van der Waals surface area contributed by atoms with E-state index in [0.717, 1.165) is 28.1 Å². The van der Waals surface area contributed by atoms with Crippen molar-refractivity contribution in [2.45, 2.75) is 104 Å². The van der Waals surface area contributed by atoms with E-state index in [2.05, 4.69) is 16.9 Å². The Morgan fingerprint density at radius 1 is 1.09 bits per heavy atom. The molecule has 3 aliphatic rings. The summed E-state index contributed by atoms with van der Waals surface area (Å²) in [5.41, 5.74) is 4.40. The Hall–Kier alpha value is -4.15. The monoisotopic (exact) mass is 640 g/mol. The number of aryl methyl sites for hydroxylation is 2. The Morgan fingerprint density at radius 2 is 1.79 bits per heavy atom. The van der Waals surface area contributed by atoms with E-state index in [1.807, 2.05) is 33.8 Å². The van der Waals surface area contributed by atoms with Crippen molar-refractivity contribution in [3.63, 3.8) is 0 Å². The van der Waals surface area contributed by atoms with E-state index < -0.39 is 11.2 Å². The van der Waals surface area contributed by atoms with Crippen LogP contribution in [0.3, 0.4) is 0 Å². The van der Waals surface area contributed by atoms with Crippen molar-refractivity contribution in [3.05, 3.63) is 68.8 Å². The smallest absolute Gasteiger partial charge is 0.305 e. The molecule has 3 aromatic heterocycles. The number of carbonyl (C=O) groups is 3. The number of aromatic amines is 2. The van der Waals surface area contributed by atoms with Gasteiger partial charge in [-0.3, -0.25) is 24.4 Å². The molecule has 2 aliphatic heterocycles. The van der Waals surface area contributed by atoms with E-state index in [9.17, 15) is 24.6 Å². The predicted molar refractivity (Wildman–Crippen MR) is 178 cm³/mol. The zero-order valence-corrected chi connectivity index (χ0v) is 28.4. The highest BCUT2D eigenvalue weighted by atomic mass is 16.5. The van der Waals surface area contributed by atoms with E-state index in [0.29, 0.717) is 46.0 Å². The highest BCUT2D eigenvalue weighted by Crippen LogP contribution is 2.49. The standard InChI is InChI=1S/C37H44N4O6/c1-9-21-26-14-30-37(46,16-17(2)3)36(7,45)29(41-30)15-27-32(20(6)42)19(5)25(38-27)13-24-18(4)22(10-11-31(44)47-8)34(39-24)23-12-28(43)33(21)35(23)40-26/h13-15,17-18,22,38,40,45-46H,9-12,16H2,1-8H3/t18-,22-,36+,37-/m0/s1. The molecule has 4 N–H and O–H groups in total. The number of hydrogen-bond acceptors (Lipinski definition) is 8. The molecule has 0 saturated carbocycles. The van der Waals surface area contributed by atoms with E-state index in [4.69, 9.17) is 14.7 Å². The summed E-state index contributed by atoms with van der Waals surface area (Å²) in [4.78, 5) is 55.9. The van der Waals surface area contributed by atoms with Crippen molar-refractivity contribution in [2.24, 2.45) is 5.92 Å². The Kier molecular flexibility index (Phi) is 8.04. The number of nitrogens with zero attached hydrogens (tertiary/aromatic N) is 2. The van der Waals surface area contributed by atoms with Crippen LogP contribution < -0.4 is 0 Å². The Morgan fingerprint density at radius 3 is 2.43 bits per heavy atom. The van der Waals surface area contributed by atoms with Gasteiger partial charge in [0.15, 0.2) is 11.6 Å². The van der Waals surface area contributed by atoms with Crippen LogP contribution in [0.25, 0.3) is 22.1 Å². The second-order valence-electron chi connectivity index (χ2n) is 14.0. The second kappa shape index (κ2) is 11.5. The zero-order chi connectivity index (χ0) is 34.2. The van der Waals surface area contributed by atoms with Crippen LogP contribution in [0.4, 0.5) is 0 Å². The first-order valence-electron chi connectivity index (χ1n) is 16.5. The molecule has 0 fully saturated rings. The molecular formula is C37H44N4O6. The molecular weight excluding hydrogens is 596 g/mol. The number of methoxy groups -OCH3 is 1. The number of ketones is 2. The summed E-state index contributed by atoms with van der Waals surface area (Å²) in [6, 6.07) is 5.33. The van der Waals surface area contributed by atoms with Gasteiger partial charge < -0.3 is 24.9 Å². The van der Waals surface area contributed by atoms with Gasteiger partial charge in [-0.2, -0.15) is 0 Å². The third-order valence-electron chi connectivity index (χ3n) is 10.5. The van der Waals surface area contributed by atoms with E-state index in [1.54, 1.807) is 19.1 Å². The topological polar surface area (TPSA) is 158 Å². The van der Waals surface area contributed by atoms with Crippen molar-refractivity contribution in [2.75, 3.05) is 7.11 Å². The molecule has 8 bridgehead atoms. The van der Waals surface area contributed by atoms with Gasteiger partial charge in [0.2, 0.25) is 0 Å². The lowest BCUT2D eigenvalue weighted by Crippen LogP contribution is -2.44. The summed E-state index contributed by atoms with van der Waals surface area (Å²) in [5.74, 6) is -0.718. The molecule has 0 unspecified atom stereocenters. The van der Waals surface area contributed by atoms with Crippen LogP contribution in [-0.2, 0) is 33.6 Å². The van der Waals surface area contributed by atoms with Gasteiger partial charge in [0.05, 0.1) is 35.2 Å². The van der Waals surface area contributed by atoms with Crippen LogP contribution in [0.5, 0.6) is 0 Å². The lowest BCUT2D eigenvalue weighted by Gasteiger charge is -2.36. The number of ether oxygens (including phenoxy) is 1. The summed E-state index contributed by atoms with van der Waals surface area (Å²) in [6.07, 6.45) is 1.66. The van der Waals surface area contributed by atoms with Gasteiger partial charge in [-0.25, -0.2) is 0 Å². The highest BCUT2D eigenvalue weighted by molar-refractivity contribution is 6.13. The van der Waals surface area contributed by atoms with Gasteiger partial charge in [0.25, 0.3) is 0 Å². The van der Waals surface area contributed by atoms with Crippen molar-refractivity contribution in [1.82, 2.24) is 19.9 Å². The lowest BCUT2D eigenvalue weighted by atomic mass is 9.76. The largest absolute Gasteiger partial charge is 0.469 e. The number of carbonyl (C=O) groups excluding carboxylic acids is 3. The van der Waals surface area contributed by atoms with E-state index >= 15 is 0 Å². The zero-order valence-electron chi connectivity index (χ0n) is 28.4. The van der Waals surface area contributed by atoms with Crippen molar-refractivity contribution in [1.29, 1.82) is 0 Å². The summed E-state index contributed by atoms with van der Waals surface area (Å²) in [7, 11) is 1.37. The van der Waals surface area contributed by atoms with Crippen molar-refractivity contribution < 1.29 is 29.3 Å². The molecule has 47 heavy (non-hydrogen) atoms. The Balaban J connectivity index is 1.79. The maximum Gasteiger partial charge on any atom is 0.305 e. The van der Waals surface area contributed by atoms with Crippen LogP contribution in [0, 0.1) is 12.8 Å². The van der Waals surface area contributed by atoms with E-state index in [-0.39, 0.29) is 65.9 Å². The summed E-state index contributed by atoms with van der Waals surface area (Å²) in [5, 5.41) is 24.4. The number of esters is 1. The predicted octanol–water partition coefficient (Wildman–Crippen LogP) is 6.11. The van der Waals surface area contributed by atoms with Gasteiger partial charge in [-0.15, -0.1) is 0 Å². The molecule has 6 rings (SSSR count). The molecule has 1 aliphatic carbocycles. The lowest BCUT2D eigenvalue weighted by molar-refractivity contribution is -0.156. The minimum atomic E-state index is -1.79. The minimum Gasteiger partial charge on any atom is -0.469 e. The number of aromatic nitrogens is 4. The second-order valence-corrected chi connectivity index (χ2v) is 14.0. The molecule has 10 heteroatoms.